The van der Waals surface area contributed by atoms with Gasteiger partial charge in [-0.15, -0.1) is 0 Å². The molecule has 3 aliphatic heterocycles. The molecule has 1 aromatic heterocycles. The summed E-state index contributed by atoms with van der Waals surface area (Å²) >= 11 is 6.28. The van der Waals surface area contributed by atoms with Crippen LogP contribution in [-0.4, -0.2) is 84.0 Å². The maximum Gasteiger partial charge on any atom is 0.429 e. The van der Waals surface area contributed by atoms with Crippen LogP contribution >= 0.6 is 11.6 Å². The van der Waals surface area contributed by atoms with Gasteiger partial charge >= 0.3 is 18.2 Å². The van der Waals surface area contributed by atoms with Crippen LogP contribution in [0.5, 0.6) is 5.88 Å². The standard InChI is InChI=1S/C31H33ClF3N7O4/c1-40-11-12-42(29(40)45)20-4-2-3-18(13-20)22-14-19(32)5-6-21(22)26(31(33,34)35)46-25-15-24(38-28(36)39-25)41-9-7-30(8-10-41)16-23(27(43)44)37-17-30/h2-6,13-15,23,26,37H,7-12,16-17H2,1H3,(H,43,44)(H2,36,38,39)/t23-,26+/m0/s1. The number of carboxylic acid groups (broad SMARTS) is 1. The molecule has 0 radical (unpaired) electrons. The number of carbonyl (C=O) groups excluding carboxylic acids is 1. The van der Waals surface area contributed by atoms with Gasteiger partial charge in [-0.2, -0.15) is 23.1 Å². The number of nitrogens with one attached hydrogen (secondary N) is 1. The third kappa shape index (κ3) is 6.36. The molecule has 4 N–H and O–H groups in total. The number of carbonyl (C=O) groups is 2. The Hall–Kier alpha value is -4.30. The minimum Gasteiger partial charge on any atom is -0.480 e. The molecule has 2 amide bonds. The highest BCUT2D eigenvalue weighted by Gasteiger charge is 2.46. The van der Waals surface area contributed by atoms with Crippen LogP contribution in [-0.2, 0) is 4.79 Å². The predicted molar refractivity (Wildman–Crippen MR) is 166 cm³/mol. The van der Waals surface area contributed by atoms with Gasteiger partial charge in [-0.1, -0.05) is 29.8 Å². The monoisotopic (exact) mass is 659 g/mol. The number of hydrogen-bond donors (Lipinski definition) is 3. The number of nitrogens with zero attached hydrogens (tertiary/aromatic N) is 5. The Labute approximate surface area is 268 Å². The molecule has 3 aliphatic rings. The fraction of sp³-hybridized carbons (Fsp3) is 0.419. The zero-order valence-corrected chi connectivity index (χ0v) is 25.7. The highest BCUT2D eigenvalue weighted by Crippen LogP contribution is 2.44. The molecule has 11 nitrogen and oxygen atoms in total. The summed E-state index contributed by atoms with van der Waals surface area (Å²) in [7, 11) is 1.68. The Bertz CT molecular complexity index is 1650. The number of halogens is 4. The molecule has 0 unspecified atom stereocenters. The van der Waals surface area contributed by atoms with Gasteiger partial charge in [0.15, 0.2) is 0 Å². The summed E-state index contributed by atoms with van der Waals surface area (Å²) in [6.07, 6.45) is -5.42. The van der Waals surface area contributed by atoms with Gasteiger partial charge in [0.2, 0.25) is 17.9 Å². The Balaban J connectivity index is 1.28. The molecule has 15 heteroatoms. The molecular weight excluding hydrogens is 627 g/mol. The van der Waals surface area contributed by atoms with Crippen LogP contribution in [0.15, 0.2) is 48.5 Å². The Morgan fingerprint density at radius 3 is 2.54 bits per heavy atom. The Morgan fingerprint density at radius 1 is 1.13 bits per heavy atom. The van der Waals surface area contributed by atoms with E-state index in [4.69, 9.17) is 22.1 Å². The van der Waals surface area contributed by atoms with E-state index in [1.54, 1.807) is 41.1 Å². The molecule has 3 saturated heterocycles. The number of aliphatic carboxylic acids is 1. The summed E-state index contributed by atoms with van der Waals surface area (Å²) < 4.78 is 49.9. The summed E-state index contributed by atoms with van der Waals surface area (Å²) in [5, 5.41) is 12.7. The van der Waals surface area contributed by atoms with E-state index in [1.807, 2.05) is 4.90 Å². The number of alkyl halides is 3. The van der Waals surface area contributed by atoms with Crippen LogP contribution in [0.2, 0.25) is 5.02 Å². The van der Waals surface area contributed by atoms with Crippen LogP contribution < -0.4 is 25.6 Å². The number of piperidine rings is 1. The number of nitrogen functional groups attached to an aromatic ring is 1. The number of likely N-dealkylation sites (N-methyl/N-ethyl adjacent to an activating group) is 1. The first kappa shape index (κ1) is 31.7. The molecule has 0 aliphatic carbocycles. The van der Waals surface area contributed by atoms with Crippen LogP contribution in [0.1, 0.15) is 30.9 Å². The third-order valence-corrected chi connectivity index (χ3v) is 9.27. The van der Waals surface area contributed by atoms with Crippen molar-refractivity contribution in [2.24, 2.45) is 5.41 Å². The maximum atomic E-state index is 14.8. The van der Waals surface area contributed by atoms with Crippen molar-refractivity contribution in [3.8, 4) is 17.0 Å². The summed E-state index contributed by atoms with van der Waals surface area (Å²) in [6, 6.07) is 11.3. The van der Waals surface area contributed by atoms with Gasteiger partial charge in [0.25, 0.3) is 0 Å². The average molecular weight is 660 g/mol. The van der Waals surface area contributed by atoms with Gasteiger partial charge in [-0.25, -0.2) is 4.79 Å². The highest BCUT2D eigenvalue weighted by atomic mass is 35.5. The minimum absolute atomic E-state index is 0.168. The van der Waals surface area contributed by atoms with Crippen molar-refractivity contribution >= 4 is 41.1 Å². The molecule has 1 spiro atoms. The van der Waals surface area contributed by atoms with E-state index in [2.05, 4.69) is 15.3 Å². The number of nitrogens with two attached hydrogens (primary N) is 1. The number of ether oxygens (including phenoxy) is 1. The Morgan fingerprint density at radius 2 is 1.89 bits per heavy atom. The van der Waals surface area contributed by atoms with Gasteiger partial charge in [-0.05, 0) is 60.1 Å². The van der Waals surface area contributed by atoms with E-state index in [0.717, 1.165) is 0 Å². The van der Waals surface area contributed by atoms with E-state index >= 15 is 0 Å². The van der Waals surface area contributed by atoms with Crippen molar-refractivity contribution in [1.82, 2.24) is 20.2 Å². The van der Waals surface area contributed by atoms with Crippen LogP contribution in [0.3, 0.4) is 0 Å². The van der Waals surface area contributed by atoms with Crippen molar-refractivity contribution in [2.45, 2.75) is 37.6 Å². The predicted octanol–water partition coefficient (Wildman–Crippen LogP) is 4.97. The number of rotatable bonds is 7. The van der Waals surface area contributed by atoms with Crippen molar-refractivity contribution < 1.29 is 32.6 Å². The maximum absolute atomic E-state index is 14.8. The molecule has 3 aromatic rings. The van der Waals surface area contributed by atoms with Crippen molar-refractivity contribution in [3.63, 3.8) is 0 Å². The highest BCUT2D eigenvalue weighted by molar-refractivity contribution is 6.30. The first-order valence-corrected chi connectivity index (χ1v) is 15.2. The fourth-order valence-electron chi connectivity index (χ4n) is 6.50. The van der Waals surface area contributed by atoms with Crippen LogP contribution in [0.4, 0.5) is 35.4 Å². The summed E-state index contributed by atoms with van der Waals surface area (Å²) in [5.41, 5.74) is 6.75. The second-order valence-electron chi connectivity index (χ2n) is 12.1. The molecular formula is C31H33ClF3N7O4. The normalized spacial score (nSPS) is 20.4. The zero-order valence-electron chi connectivity index (χ0n) is 24.9. The lowest BCUT2D eigenvalue weighted by molar-refractivity contribution is -0.198. The number of aromatic nitrogens is 2. The van der Waals surface area contributed by atoms with Crippen molar-refractivity contribution in [3.05, 3.63) is 59.1 Å². The number of anilines is 3. The SMILES string of the molecule is CN1CCN(c2cccc(-c3cc(Cl)ccc3[C@@H](Oc3cc(N4CCC5(CC4)CN[C@H](C(=O)O)C5)nc(N)n3)C(F)(F)F)c2)C1=O. The fourth-order valence-corrected chi connectivity index (χ4v) is 6.67. The first-order chi connectivity index (χ1) is 21.8. The lowest BCUT2D eigenvalue weighted by Crippen LogP contribution is -2.41. The molecule has 2 aromatic carbocycles. The second-order valence-corrected chi connectivity index (χ2v) is 12.5. The topological polar surface area (TPSA) is 137 Å². The molecule has 0 saturated carbocycles. The molecule has 4 heterocycles. The lowest BCUT2D eigenvalue weighted by atomic mass is 9.76. The van der Waals surface area contributed by atoms with E-state index in [-0.39, 0.29) is 39.4 Å². The second kappa shape index (κ2) is 12.1. The largest absolute Gasteiger partial charge is 0.480 e. The van der Waals surface area contributed by atoms with Gasteiger partial charge in [0.1, 0.15) is 11.9 Å². The van der Waals surface area contributed by atoms with E-state index in [1.165, 1.54) is 24.3 Å². The summed E-state index contributed by atoms with van der Waals surface area (Å²) in [4.78, 5) is 37.3. The smallest absolute Gasteiger partial charge is 0.429 e. The van der Waals surface area contributed by atoms with E-state index < -0.39 is 24.3 Å². The molecule has 0 bridgehead atoms. The van der Waals surface area contributed by atoms with Gasteiger partial charge in [-0.3, -0.25) is 9.69 Å². The van der Waals surface area contributed by atoms with Gasteiger partial charge < -0.3 is 30.7 Å². The molecule has 46 heavy (non-hydrogen) atoms. The molecule has 3 fully saturated rings. The van der Waals surface area contributed by atoms with E-state index in [9.17, 15) is 27.9 Å². The van der Waals surface area contributed by atoms with E-state index in [0.29, 0.717) is 69.1 Å². The zero-order chi connectivity index (χ0) is 32.8. The van der Waals surface area contributed by atoms with Crippen LogP contribution in [0, 0.1) is 5.41 Å². The van der Waals surface area contributed by atoms with Crippen molar-refractivity contribution in [1.29, 1.82) is 0 Å². The number of urea groups is 1. The minimum atomic E-state index is -4.86. The number of carboxylic acids is 1. The number of benzene rings is 2. The van der Waals surface area contributed by atoms with Gasteiger partial charge in [0, 0.05) is 62.1 Å². The van der Waals surface area contributed by atoms with Crippen LogP contribution in [0.25, 0.3) is 11.1 Å². The Kier molecular flexibility index (Phi) is 8.36. The number of hydrogen-bond acceptors (Lipinski definition) is 8. The summed E-state index contributed by atoms with van der Waals surface area (Å²) in [5.74, 6) is -1.15. The lowest BCUT2D eigenvalue weighted by Gasteiger charge is -2.39. The van der Waals surface area contributed by atoms with Crippen molar-refractivity contribution in [2.75, 3.05) is 55.3 Å². The number of amides is 2. The molecule has 244 valence electrons. The molecule has 2 atom stereocenters. The summed E-state index contributed by atoms with van der Waals surface area (Å²) in [6.45, 7) is 2.59. The quantitative estimate of drug-likeness (QED) is 0.321. The third-order valence-electron chi connectivity index (χ3n) is 9.03. The average Bonchev–Trinajstić information content (AvgIpc) is 3.58. The molecule has 6 rings (SSSR count). The van der Waals surface area contributed by atoms with Gasteiger partial charge in [0.05, 0.1) is 0 Å². The first-order valence-electron chi connectivity index (χ1n) is 14.8.